The Kier molecular flexibility index (Phi) is 6.03. The fourth-order valence-corrected chi connectivity index (χ4v) is 6.60. The molecular weight excluding hydrogens is 406 g/mol. The standard InChI is InChI=1S/C21H27N3O3S2/c1-15-23-18(14-28-15)10-11-22-21(25)20-7-4-12-24(20)29(26,27)19-9-8-16-5-2-3-6-17(16)13-19/h8-9,13-14,20H,2-7,10-12H2,1H3,(H,22,25)/t20-/m1/s1. The van der Waals surface area contributed by atoms with E-state index in [0.717, 1.165) is 41.9 Å². The lowest BCUT2D eigenvalue weighted by Crippen LogP contribution is -2.46. The molecular formula is C21H27N3O3S2. The Bertz CT molecular complexity index is 1000. The van der Waals surface area contributed by atoms with E-state index in [9.17, 15) is 13.2 Å². The largest absolute Gasteiger partial charge is 0.354 e. The second-order valence-electron chi connectivity index (χ2n) is 7.81. The fraction of sp³-hybridized carbons (Fsp3) is 0.524. The number of benzene rings is 1. The van der Waals surface area contributed by atoms with Crippen molar-refractivity contribution in [2.45, 2.75) is 62.8 Å². The second kappa shape index (κ2) is 8.53. The molecule has 1 aromatic heterocycles. The van der Waals surface area contributed by atoms with E-state index in [1.165, 1.54) is 9.87 Å². The number of amides is 1. The zero-order valence-corrected chi connectivity index (χ0v) is 18.3. The van der Waals surface area contributed by atoms with Crippen LogP contribution in [0.5, 0.6) is 0 Å². The molecule has 6 nitrogen and oxygen atoms in total. The van der Waals surface area contributed by atoms with Gasteiger partial charge in [0.05, 0.1) is 15.6 Å². The molecule has 1 atom stereocenters. The van der Waals surface area contributed by atoms with Crippen LogP contribution in [-0.4, -0.2) is 42.7 Å². The highest BCUT2D eigenvalue weighted by molar-refractivity contribution is 7.89. The van der Waals surface area contributed by atoms with Gasteiger partial charge < -0.3 is 5.32 Å². The van der Waals surface area contributed by atoms with Gasteiger partial charge in [-0.1, -0.05) is 6.07 Å². The molecule has 2 aromatic rings. The summed E-state index contributed by atoms with van der Waals surface area (Å²) >= 11 is 1.59. The second-order valence-corrected chi connectivity index (χ2v) is 10.8. The quantitative estimate of drug-likeness (QED) is 0.760. The lowest BCUT2D eigenvalue weighted by Gasteiger charge is -2.24. The molecule has 0 bridgehead atoms. The summed E-state index contributed by atoms with van der Waals surface area (Å²) in [7, 11) is -3.68. The molecule has 1 aliphatic carbocycles. The number of rotatable bonds is 6. The van der Waals surface area contributed by atoms with E-state index in [2.05, 4.69) is 10.3 Å². The Labute approximate surface area is 176 Å². The number of hydrogen-bond donors (Lipinski definition) is 1. The van der Waals surface area contributed by atoms with Gasteiger partial charge in [0.2, 0.25) is 15.9 Å². The third-order valence-corrected chi connectivity index (χ3v) is 8.51. The Hall–Kier alpha value is -1.77. The predicted molar refractivity (Wildman–Crippen MR) is 114 cm³/mol. The first kappa shape index (κ1) is 20.5. The summed E-state index contributed by atoms with van der Waals surface area (Å²) in [4.78, 5) is 17.4. The number of nitrogens with one attached hydrogen (secondary N) is 1. The van der Waals surface area contributed by atoms with Crippen LogP contribution in [0.4, 0.5) is 0 Å². The number of nitrogens with zero attached hydrogens (tertiary/aromatic N) is 2. The Morgan fingerprint density at radius 1 is 1.24 bits per heavy atom. The molecule has 4 rings (SSSR count). The Morgan fingerprint density at radius 2 is 2.03 bits per heavy atom. The molecule has 8 heteroatoms. The van der Waals surface area contributed by atoms with E-state index in [-0.39, 0.29) is 5.91 Å². The number of thiazole rings is 1. The van der Waals surface area contributed by atoms with Crippen molar-refractivity contribution in [3.63, 3.8) is 0 Å². The average molecular weight is 434 g/mol. The predicted octanol–water partition coefficient (Wildman–Crippen LogP) is 2.84. The minimum Gasteiger partial charge on any atom is -0.354 e. The molecule has 1 saturated heterocycles. The molecule has 2 heterocycles. The van der Waals surface area contributed by atoms with Crippen molar-refractivity contribution in [1.29, 1.82) is 0 Å². The SMILES string of the molecule is Cc1nc(CCNC(=O)[C@H]2CCCN2S(=O)(=O)c2ccc3c(c2)CCCC3)cs1. The zero-order chi connectivity index (χ0) is 20.4. The number of aryl methyl sites for hydroxylation is 3. The summed E-state index contributed by atoms with van der Waals surface area (Å²) in [5, 5.41) is 5.90. The molecule has 1 aliphatic heterocycles. The first-order chi connectivity index (χ1) is 13.9. The smallest absolute Gasteiger partial charge is 0.243 e. The van der Waals surface area contributed by atoms with Gasteiger partial charge in [0.1, 0.15) is 6.04 Å². The van der Waals surface area contributed by atoms with E-state index in [0.29, 0.717) is 37.2 Å². The van der Waals surface area contributed by atoms with Crippen LogP contribution in [0.3, 0.4) is 0 Å². The van der Waals surface area contributed by atoms with Crippen molar-refractivity contribution in [2.24, 2.45) is 0 Å². The average Bonchev–Trinajstić information content (AvgIpc) is 3.37. The number of sulfonamides is 1. The molecule has 0 unspecified atom stereocenters. The first-order valence-electron chi connectivity index (χ1n) is 10.3. The summed E-state index contributed by atoms with van der Waals surface area (Å²) in [6, 6.07) is 4.84. The molecule has 0 spiro atoms. The Balaban J connectivity index is 1.44. The van der Waals surface area contributed by atoms with Gasteiger partial charge in [-0.15, -0.1) is 11.3 Å². The van der Waals surface area contributed by atoms with E-state index < -0.39 is 16.1 Å². The monoisotopic (exact) mass is 433 g/mol. The number of carbonyl (C=O) groups is 1. The van der Waals surface area contributed by atoms with Crippen LogP contribution in [0.1, 0.15) is 47.5 Å². The molecule has 2 aliphatic rings. The van der Waals surface area contributed by atoms with Crippen LogP contribution in [0.15, 0.2) is 28.5 Å². The highest BCUT2D eigenvalue weighted by atomic mass is 32.2. The lowest BCUT2D eigenvalue weighted by atomic mass is 9.92. The molecule has 1 aromatic carbocycles. The van der Waals surface area contributed by atoms with Gasteiger partial charge >= 0.3 is 0 Å². The topological polar surface area (TPSA) is 79.4 Å². The number of hydrogen-bond acceptors (Lipinski definition) is 5. The van der Waals surface area contributed by atoms with E-state index in [4.69, 9.17) is 0 Å². The zero-order valence-electron chi connectivity index (χ0n) is 16.7. The van der Waals surface area contributed by atoms with Gasteiger partial charge in [-0.3, -0.25) is 4.79 Å². The van der Waals surface area contributed by atoms with E-state index >= 15 is 0 Å². The van der Waals surface area contributed by atoms with Gasteiger partial charge in [0.25, 0.3) is 0 Å². The summed E-state index contributed by atoms with van der Waals surface area (Å²) in [5.74, 6) is -0.212. The molecule has 1 amide bonds. The number of aromatic nitrogens is 1. The maximum atomic E-state index is 13.3. The van der Waals surface area contributed by atoms with Gasteiger partial charge in [0, 0.05) is 24.9 Å². The minimum absolute atomic E-state index is 0.212. The Morgan fingerprint density at radius 3 is 2.79 bits per heavy atom. The molecule has 0 saturated carbocycles. The molecule has 156 valence electrons. The molecule has 0 radical (unpaired) electrons. The normalized spacial score (nSPS) is 19.8. The third kappa shape index (κ3) is 4.39. The van der Waals surface area contributed by atoms with Crippen LogP contribution >= 0.6 is 11.3 Å². The maximum Gasteiger partial charge on any atom is 0.243 e. The van der Waals surface area contributed by atoms with Crippen molar-refractivity contribution in [1.82, 2.24) is 14.6 Å². The van der Waals surface area contributed by atoms with Crippen LogP contribution in [0.2, 0.25) is 0 Å². The van der Waals surface area contributed by atoms with E-state index in [1.54, 1.807) is 17.4 Å². The van der Waals surface area contributed by atoms with Crippen molar-refractivity contribution >= 4 is 27.3 Å². The summed E-state index contributed by atoms with van der Waals surface area (Å²) < 4.78 is 27.9. The van der Waals surface area contributed by atoms with Crippen LogP contribution in [0, 0.1) is 6.92 Å². The van der Waals surface area contributed by atoms with Crippen LogP contribution < -0.4 is 5.32 Å². The highest BCUT2D eigenvalue weighted by Crippen LogP contribution is 2.29. The van der Waals surface area contributed by atoms with Crippen molar-refractivity contribution in [3.05, 3.63) is 45.4 Å². The molecule has 1 fully saturated rings. The minimum atomic E-state index is -3.68. The van der Waals surface area contributed by atoms with Crippen molar-refractivity contribution < 1.29 is 13.2 Å². The van der Waals surface area contributed by atoms with Gasteiger partial charge in [-0.2, -0.15) is 4.31 Å². The van der Waals surface area contributed by atoms with Crippen molar-refractivity contribution in [3.8, 4) is 0 Å². The number of carbonyl (C=O) groups excluding carboxylic acids is 1. The lowest BCUT2D eigenvalue weighted by molar-refractivity contribution is -0.124. The van der Waals surface area contributed by atoms with Crippen LogP contribution in [0.25, 0.3) is 0 Å². The first-order valence-corrected chi connectivity index (χ1v) is 12.6. The highest BCUT2D eigenvalue weighted by Gasteiger charge is 2.39. The van der Waals surface area contributed by atoms with E-state index in [1.807, 2.05) is 24.4 Å². The van der Waals surface area contributed by atoms with Gasteiger partial charge in [0.15, 0.2) is 0 Å². The molecule has 1 N–H and O–H groups in total. The summed E-state index contributed by atoms with van der Waals surface area (Å²) in [6.45, 7) is 2.81. The molecule has 29 heavy (non-hydrogen) atoms. The van der Waals surface area contributed by atoms with Gasteiger partial charge in [-0.25, -0.2) is 13.4 Å². The fourth-order valence-electron chi connectivity index (χ4n) is 4.25. The van der Waals surface area contributed by atoms with Gasteiger partial charge in [-0.05, 0) is 68.7 Å². The summed E-state index contributed by atoms with van der Waals surface area (Å²) in [6.07, 6.45) is 6.12. The number of fused-ring (bicyclic) bond motifs is 1. The van der Waals surface area contributed by atoms with Crippen molar-refractivity contribution in [2.75, 3.05) is 13.1 Å². The maximum absolute atomic E-state index is 13.3. The summed E-state index contributed by atoms with van der Waals surface area (Å²) in [5.41, 5.74) is 3.34. The third-order valence-electron chi connectivity index (χ3n) is 5.78. The van der Waals surface area contributed by atoms with Crippen LogP contribution in [-0.2, 0) is 34.1 Å².